The van der Waals surface area contributed by atoms with Crippen LogP contribution in [0.15, 0.2) is 28.8 Å². The van der Waals surface area contributed by atoms with Crippen molar-refractivity contribution in [3.8, 4) is 5.75 Å². The lowest BCUT2D eigenvalue weighted by atomic mass is 10.2. The van der Waals surface area contributed by atoms with Gasteiger partial charge in [-0.15, -0.1) is 0 Å². The van der Waals surface area contributed by atoms with E-state index in [0.29, 0.717) is 42.0 Å². The largest absolute Gasteiger partial charge is 0.485 e. The zero-order valence-corrected chi connectivity index (χ0v) is 12.2. The Kier molecular flexibility index (Phi) is 5.40. The first-order valence-corrected chi connectivity index (χ1v) is 6.60. The Bertz CT molecular complexity index is 557. The number of halogens is 1. The summed E-state index contributed by atoms with van der Waals surface area (Å²) in [6.45, 7) is 1.38. The van der Waals surface area contributed by atoms with Crippen LogP contribution in [0.25, 0.3) is 0 Å². The van der Waals surface area contributed by atoms with Crippen molar-refractivity contribution >= 4 is 11.6 Å². The maximum atomic E-state index is 6.17. The Morgan fingerprint density at radius 2 is 2.20 bits per heavy atom. The average Bonchev–Trinajstić information content (AvgIpc) is 2.87. The molecule has 2 aromatic rings. The molecule has 1 heterocycles. The predicted molar refractivity (Wildman–Crippen MR) is 75.8 cm³/mol. The van der Waals surface area contributed by atoms with Gasteiger partial charge >= 0.3 is 0 Å². The molecule has 0 saturated heterocycles. The van der Waals surface area contributed by atoms with E-state index in [4.69, 9.17) is 25.6 Å². The molecule has 0 saturated carbocycles. The fraction of sp³-hybridized carbons (Fsp3) is 0.357. The molecule has 20 heavy (non-hydrogen) atoms. The Hall–Kier alpha value is -1.56. The summed E-state index contributed by atoms with van der Waals surface area (Å²) in [6, 6.07) is 7.47. The molecular weight excluding hydrogens is 280 g/mol. The van der Waals surface area contributed by atoms with E-state index in [9.17, 15) is 0 Å². The van der Waals surface area contributed by atoms with Crippen molar-refractivity contribution in [2.24, 2.45) is 0 Å². The number of aromatic nitrogens is 1. The quantitative estimate of drug-likeness (QED) is 0.851. The Balaban J connectivity index is 2.05. The van der Waals surface area contributed by atoms with Crippen molar-refractivity contribution in [1.29, 1.82) is 0 Å². The summed E-state index contributed by atoms with van der Waals surface area (Å²) < 4.78 is 15.8. The number of hydrogen-bond donors (Lipinski definition) is 1. The number of nitrogens with one attached hydrogen (secondary N) is 1. The number of ether oxygens (including phenoxy) is 2. The third-order valence-corrected chi connectivity index (χ3v) is 2.97. The van der Waals surface area contributed by atoms with Gasteiger partial charge in [0.1, 0.15) is 24.7 Å². The van der Waals surface area contributed by atoms with E-state index in [2.05, 4.69) is 10.5 Å². The molecule has 0 spiro atoms. The number of methoxy groups -OCH3 is 1. The number of benzene rings is 1. The number of nitrogens with zero attached hydrogens (tertiary/aromatic N) is 1. The van der Waals surface area contributed by atoms with Gasteiger partial charge in [0.15, 0.2) is 5.76 Å². The van der Waals surface area contributed by atoms with Crippen LogP contribution in [0.1, 0.15) is 17.0 Å². The summed E-state index contributed by atoms with van der Waals surface area (Å²) in [7, 11) is 3.48. The second kappa shape index (κ2) is 7.28. The van der Waals surface area contributed by atoms with Crippen LogP contribution in [0.4, 0.5) is 0 Å². The highest BCUT2D eigenvalue weighted by Gasteiger charge is 2.10. The third kappa shape index (κ3) is 3.72. The molecular formula is C14H17ClN2O3. The molecule has 1 aromatic heterocycles. The topological polar surface area (TPSA) is 56.5 Å². The first-order chi connectivity index (χ1) is 9.74. The molecule has 0 amide bonds. The second-order valence-electron chi connectivity index (χ2n) is 4.26. The second-order valence-corrected chi connectivity index (χ2v) is 4.67. The van der Waals surface area contributed by atoms with Gasteiger partial charge in [0.05, 0.1) is 5.02 Å². The van der Waals surface area contributed by atoms with Crippen LogP contribution in [0, 0.1) is 0 Å². The highest BCUT2D eigenvalue weighted by molar-refractivity contribution is 6.32. The molecule has 0 radical (unpaired) electrons. The molecule has 0 aliphatic carbocycles. The van der Waals surface area contributed by atoms with Crippen LogP contribution >= 0.6 is 11.6 Å². The Morgan fingerprint density at radius 3 is 2.95 bits per heavy atom. The first kappa shape index (κ1) is 14.8. The van der Waals surface area contributed by atoms with E-state index in [1.807, 2.05) is 19.2 Å². The minimum Gasteiger partial charge on any atom is -0.485 e. The molecule has 0 aliphatic rings. The molecule has 0 unspecified atom stereocenters. The van der Waals surface area contributed by atoms with E-state index < -0.39 is 0 Å². The van der Waals surface area contributed by atoms with Crippen LogP contribution in [-0.4, -0.2) is 19.3 Å². The van der Waals surface area contributed by atoms with E-state index in [1.54, 1.807) is 19.2 Å². The van der Waals surface area contributed by atoms with Gasteiger partial charge in [-0.2, -0.15) is 0 Å². The lowest BCUT2D eigenvalue weighted by molar-refractivity contribution is 0.155. The van der Waals surface area contributed by atoms with Crippen LogP contribution in [0.5, 0.6) is 5.75 Å². The van der Waals surface area contributed by atoms with Crippen LogP contribution in [0.2, 0.25) is 5.02 Å². The highest BCUT2D eigenvalue weighted by atomic mass is 35.5. The SMILES string of the molecule is CNCc1cccc(Cl)c1OCc1cc(COC)on1. The van der Waals surface area contributed by atoms with Gasteiger partial charge in [0, 0.05) is 25.3 Å². The van der Waals surface area contributed by atoms with Gasteiger partial charge in [-0.05, 0) is 13.1 Å². The van der Waals surface area contributed by atoms with E-state index in [1.165, 1.54) is 0 Å². The summed E-state index contributed by atoms with van der Waals surface area (Å²) in [5.74, 6) is 1.33. The monoisotopic (exact) mass is 296 g/mol. The standard InChI is InChI=1S/C14H17ClN2O3/c1-16-7-10-4-3-5-13(15)14(10)19-8-11-6-12(9-18-2)20-17-11/h3-6,16H,7-9H2,1-2H3. The zero-order valence-electron chi connectivity index (χ0n) is 11.5. The fourth-order valence-electron chi connectivity index (χ4n) is 1.82. The van der Waals surface area contributed by atoms with Crippen molar-refractivity contribution in [1.82, 2.24) is 10.5 Å². The van der Waals surface area contributed by atoms with Crippen molar-refractivity contribution in [3.63, 3.8) is 0 Å². The van der Waals surface area contributed by atoms with Crippen molar-refractivity contribution in [2.75, 3.05) is 14.2 Å². The van der Waals surface area contributed by atoms with Crippen molar-refractivity contribution in [3.05, 3.63) is 46.3 Å². The highest BCUT2D eigenvalue weighted by Crippen LogP contribution is 2.29. The molecule has 1 aromatic carbocycles. The van der Waals surface area contributed by atoms with Gasteiger partial charge in [-0.3, -0.25) is 0 Å². The van der Waals surface area contributed by atoms with Gasteiger partial charge in [0.25, 0.3) is 0 Å². The smallest absolute Gasteiger partial charge is 0.162 e. The number of hydrogen-bond acceptors (Lipinski definition) is 5. The molecule has 6 heteroatoms. The van der Waals surface area contributed by atoms with Gasteiger partial charge in [0.2, 0.25) is 0 Å². The van der Waals surface area contributed by atoms with E-state index in [0.717, 1.165) is 5.56 Å². The Labute approximate surface area is 122 Å². The van der Waals surface area contributed by atoms with E-state index >= 15 is 0 Å². The summed E-state index contributed by atoms with van der Waals surface area (Å²) in [4.78, 5) is 0. The summed E-state index contributed by atoms with van der Waals surface area (Å²) in [5.41, 5.74) is 1.70. The summed E-state index contributed by atoms with van der Waals surface area (Å²) in [5, 5.41) is 7.58. The summed E-state index contributed by atoms with van der Waals surface area (Å²) in [6.07, 6.45) is 0. The fourth-order valence-corrected chi connectivity index (χ4v) is 2.07. The molecule has 2 rings (SSSR count). The van der Waals surface area contributed by atoms with Gasteiger partial charge in [-0.1, -0.05) is 28.9 Å². The predicted octanol–water partition coefficient (Wildman–Crippen LogP) is 2.77. The molecule has 1 N–H and O–H groups in total. The Morgan fingerprint density at radius 1 is 1.35 bits per heavy atom. The van der Waals surface area contributed by atoms with Gasteiger partial charge in [-0.25, -0.2) is 0 Å². The third-order valence-electron chi connectivity index (χ3n) is 2.67. The first-order valence-electron chi connectivity index (χ1n) is 6.22. The van der Waals surface area contributed by atoms with Crippen LogP contribution in [-0.2, 0) is 24.5 Å². The van der Waals surface area contributed by atoms with Crippen molar-refractivity contribution in [2.45, 2.75) is 19.8 Å². The van der Waals surface area contributed by atoms with Crippen LogP contribution < -0.4 is 10.1 Å². The molecule has 108 valence electrons. The summed E-state index contributed by atoms with van der Waals surface area (Å²) >= 11 is 6.17. The van der Waals surface area contributed by atoms with Gasteiger partial charge < -0.3 is 19.3 Å². The maximum Gasteiger partial charge on any atom is 0.162 e. The maximum absolute atomic E-state index is 6.17. The number of para-hydroxylation sites is 1. The molecule has 0 aliphatic heterocycles. The molecule has 0 atom stereocenters. The minimum atomic E-state index is 0.299. The van der Waals surface area contributed by atoms with E-state index in [-0.39, 0.29) is 0 Å². The zero-order chi connectivity index (χ0) is 14.4. The average molecular weight is 297 g/mol. The molecule has 0 bridgehead atoms. The van der Waals surface area contributed by atoms with Crippen LogP contribution in [0.3, 0.4) is 0 Å². The molecule has 0 fully saturated rings. The lowest BCUT2D eigenvalue weighted by Crippen LogP contribution is -2.08. The normalized spacial score (nSPS) is 10.8. The minimum absolute atomic E-state index is 0.299. The van der Waals surface area contributed by atoms with Crippen molar-refractivity contribution < 1.29 is 14.0 Å². The number of rotatable bonds is 7. The molecule has 5 nitrogen and oxygen atoms in total. The lowest BCUT2D eigenvalue weighted by Gasteiger charge is -2.11.